The van der Waals surface area contributed by atoms with Gasteiger partial charge in [-0.2, -0.15) is 0 Å². The predicted molar refractivity (Wildman–Crippen MR) is 91.0 cm³/mol. The molecule has 0 aromatic heterocycles. The number of rotatable bonds is 5. The highest BCUT2D eigenvalue weighted by molar-refractivity contribution is 9.10. The van der Waals surface area contributed by atoms with E-state index in [2.05, 4.69) is 21.2 Å². The maximum Gasteiger partial charge on any atom is 0.251 e. The van der Waals surface area contributed by atoms with Crippen molar-refractivity contribution in [3.05, 3.63) is 69.7 Å². The minimum atomic E-state index is -0.0906. The smallest absolute Gasteiger partial charge is 0.251 e. The first-order valence-corrected chi connectivity index (χ1v) is 8.10. The molecule has 1 unspecified atom stereocenters. The standard InChI is InChI=1S/C17H17BrClNO/c1-12-9-14(7-8-16(12)18)17(21)20-15(11-19)10-13-5-3-2-4-6-13/h2-9,15H,10-11H2,1H3,(H,20,21). The van der Waals surface area contributed by atoms with Crippen molar-refractivity contribution in [3.8, 4) is 0 Å². The van der Waals surface area contributed by atoms with Crippen LogP contribution in [0.3, 0.4) is 0 Å². The van der Waals surface area contributed by atoms with E-state index in [-0.39, 0.29) is 11.9 Å². The molecule has 110 valence electrons. The van der Waals surface area contributed by atoms with E-state index in [0.29, 0.717) is 11.4 Å². The van der Waals surface area contributed by atoms with E-state index in [1.165, 1.54) is 0 Å². The van der Waals surface area contributed by atoms with Gasteiger partial charge in [0.05, 0.1) is 0 Å². The Balaban J connectivity index is 2.04. The van der Waals surface area contributed by atoms with Gasteiger partial charge >= 0.3 is 0 Å². The van der Waals surface area contributed by atoms with Gasteiger partial charge in [-0.15, -0.1) is 11.6 Å². The van der Waals surface area contributed by atoms with Gasteiger partial charge in [0.1, 0.15) is 0 Å². The minimum absolute atomic E-state index is 0.0782. The molecule has 0 heterocycles. The molecule has 0 aliphatic rings. The Bertz CT molecular complexity index is 615. The molecule has 2 nitrogen and oxygen atoms in total. The molecule has 21 heavy (non-hydrogen) atoms. The van der Waals surface area contributed by atoms with E-state index in [1.54, 1.807) is 6.07 Å². The van der Waals surface area contributed by atoms with E-state index in [4.69, 9.17) is 11.6 Å². The number of carbonyl (C=O) groups excluding carboxylic acids is 1. The molecule has 0 aliphatic carbocycles. The molecule has 1 amide bonds. The summed E-state index contributed by atoms with van der Waals surface area (Å²) in [4.78, 5) is 12.3. The van der Waals surface area contributed by atoms with Gasteiger partial charge in [-0.1, -0.05) is 46.3 Å². The number of alkyl halides is 1. The van der Waals surface area contributed by atoms with E-state index >= 15 is 0 Å². The molecule has 2 aromatic carbocycles. The number of nitrogens with one attached hydrogen (secondary N) is 1. The summed E-state index contributed by atoms with van der Waals surface area (Å²) >= 11 is 9.42. The summed E-state index contributed by atoms with van der Waals surface area (Å²) in [7, 11) is 0. The fourth-order valence-corrected chi connectivity index (χ4v) is 2.53. The van der Waals surface area contributed by atoms with E-state index in [1.807, 2.05) is 49.4 Å². The highest BCUT2D eigenvalue weighted by Gasteiger charge is 2.14. The van der Waals surface area contributed by atoms with Gasteiger partial charge in [-0.25, -0.2) is 0 Å². The van der Waals surface area contributed by atoms with Crippen molar-refractivity contribution in [1.29, 1.82) is 0 Å². The lowest BCUT2D eigenvalue weighted by Crippen LogP contribution is -2.37. The summed E-state index contributed by atoms with van der Waals surface area (Å²) in [5.74, 6) is 0.294. The number of halogens is 2. The van der Waals surface area contributed by atoms with Crippen LogP contribution in [0.4, 0.5) is 0 Å². The molecule has 0 fully saturated rings. The first kappa shape index (κ1) is 16.1. The average molecular weight is 367 g/mol. The Labute approximate surface area is 138 Å². The van der Waals surface area contributed by atoms with Crippen LogP contribution in [0.25, 0.3) is 0 Å². The Morgan fingerprint density at radius 2 is 1.95 bits per heavy atom. The quantitative estimate of drug-likeness (QED) is 0.784. The van der Waals surface area contributed by atoms with Gasteiger partial charge in [0, 0.05) is 22.0 Å². The van der Waals surface area contributed by atoms with E-state index in [0.717, 1.165) is 22.0 Å². The first-order chi connectivity index (χ1) is 10.1. The van der Waals surface area contributed by atoms with Crippen LogP contribution < -0.4 is 5.32 Å². The number of hydrogen-bond acceptors (Lipinski definition) is 1. The summed E-state index contributed by atoms with van der Waals surface area (Å²) in [6.45, 7) is 1.96. The number of aryl methyl sites for hydroxylation is 1. The highest BCUT2D eigenvalue weighted by Crippen LogP contribution is 2.17. The minimum Gasteiger partial charge on any atom is -0.348 e. The predicted octanol–water partition coefficient (Wildman–Crippen LogP) is 4.34. The Morgan fingerprint density at radius 1 is 1.24 bits per heavy atom. The van der Waals surface area contributed by atoms with Crippen molar-refractivity contribution in [3.63, 3.8) is 0 Å². The van der Waals surface area contributed by atoms with Gasteiger partial charge in [-0.3, -0.25) is 4.79 Å². The molecule has 0 saturated carbocycles. The average Bonchev–Trinajstić information content (AvgIpc) is 2.50. The third-order valence-electron chi connectivity index (χ3n) is 3.27. The van der Waals surface area contributed by atoms with Gasteiger partial charge in [0.2, 0.25) is 0 Å². The normalized spacial score (nSPS) is 12.0. The maximum atomic E-state index is 12.3. The van der Waals surface area contributed by atoms with Crippen LogP contribution in [0.15, 0.2) is 53.0 Å². The van der Waals surface area contributed by atoms with Crippen LogP contribution in [0.2, 0.25) is 0 Å². The topological polar surface area (TPSA) is 29.1 Å². The number of hydrogen-bond donors (Lipinski definition) is 1. The van der Waals surface area contributed by atoms with Gasteiger partial charge in [-0.05, 0) is 42.7 Å². The third-order valence-corrected chi connectivity index (χ3v) is 4.53. The number of carbonyl (C=O) groups is 1. The fourth-order valence-electron chi connectivity index (χ4n) is 2.10. The summed E-state index contributed by atoms with van der Waals surface area (Å²) in [6, 6.07) is 15.5. The molecule has 0 radical (unpaired) electrons. The second-order valence-electron chi connectivity index (χ2n) is 4.98. The molecule has 0 bridgehead atoms. The van der Waals surface area contributed by atoms with E-state index < -0.39 is 0 Å². The molecule has 4 heteroatoms. The van der Waals surface area contributed by atoms with Crippen molar-refractivity contribution in [2.24, 2.45) is 0 Å². The molecule has 0 spiro atoms. The van der Waals surface area contributed by atoms with Gasteiger partial charge < -0.3 is 5.32 Å². The first-order valence-electron chi connectivity index (χ1n) is 6.77. The van der Waals surface area contributed by atoms with Crippen molar-refractivity contribution in [2.75, 3.05) is 5.88 Å². The van der Waals surface area contributed by atoms with Crippen LogP contribution in [-0.2, 0) is 6.42 Å². The zero-order chi connectivity index (χ0) is 15.2. The Kier molecular flexibility index (Phi) is 5.83. The molecular formula is C17H17BrClNO. The molecular weight excluding hydrogens is 350 g/mol. The summed E-state index contributed by atoms with van der Waals surface area (Å²) in [5, 5.41) is 2.99. The van der Waals surface area contributed by atoms with Crippen molar-refractivity contribution in [1.82, 2.24) is 5.32 Å². The molecule has 2 rings (SSSR count). The van der Waals surface area contributed by atoms with Crippen molar-refractivity contribution in [2.45, 2.75) is 19.4 Å². The number of benzene rings is 2. The Morgan fingerprint density at radius 3 is 2.57 bits per heavy atom. The zero-order valence-electron chi connectivity index (χ0n) is 11.8. The monoisotopic (exact) mass is 365 g/mol. The lowest BCUT2D eigenvalue weighted by atomic mass is 10.1. The zero-order valence-corrected chi connectivity index (χ0v) is 14.1. The molecule has 0 saturated heterocycles. The second-order valence-corrected chi connectivity index (χ2v) is 6.14. The maximum absolute atomic E-state index is 12.3. The Hall–Kier alpha value is -1.32. The van der Waals surface area contributed by atoms with Crippen molar-refractivity contribution < 1.29 is 4.79 Å². The SMILES string of the molecule is Cc1cc(C(=O)NC(CCl)Cc2ccccc2)ccc1Br. The number of amides is 1. The lowest BCUT2D eigenvalue weighted by molar-refractivity contribution is 0.0940. The highest BCUT2D eigenvalue weighted by atomic mass is 79.9. The van der Waals surface area contributed by atoms with Crippen LogP contribution >= 0.6 is 27.5 Å². The van der Waals surface area contributed by atoms with Gasteiger partial charge in [0.25, 0.3) is 5.91 Å². The van der Waals surface area contributed by atoms with Crippen LogP contribution in [0.5, 0.6) is 0 Å². The van der Waals surface area contributed by atoms with Crippen LogP contribution in [0, 0.1) is 6.92 Å². The van der Waals surface area contributed by atoms with Crippen LogP contribution in [0.1, 0.15) is 21.5 Å². The largest absolute Gasteiger partial charge is 0.348 e. The second kappa shape index (κ2) is 7.62. The fraction of sp³-hybridized carbons (Fsp3) is 0.235. The van der Waals surface area contributed by atoms with Crippen molar-refractivity contribution >= 4 is 33.4 Å². The third kappa shape index (κ3) is 4.58. The summed E-state index contributed by atoms with van der Waals surface area (Å²) < 4.78 is 0.997. The summed E-state index contributed by atoms with van der Waals surface area (Å²) in [5.41, 5.74) is 2.85. The van der Waals surface area contributed by atoms with Crippen LogP contribution in [-0.4, -0.2) is 17.8 Å². The van der Waals surface area contributed by atoms with Gasteiger partial charge in [0.15, 0.2) is 0 Å². The molecule has 2 aromatic rings. The van der Waals surface area contributed by atoms with E-state index in [9.17, 15) is 4.79 Å². The summed E-state index contributed by atoms with van der Waals surface area (Å²) in [6.07, 6.45) is 0.728. The molecule has 1 atom stereocenters. The lowest BCUT2D eigenvalue weighted by Gasteiger charge is -2.16. The molecule has 1 N–H and O–H groups in total. The molecule has 0 aliphatic heterocycles.